The molecule has 0 bridgehead atoms. The second kappa shape index (κ2) is 5.41. The molecule has 5 heteroatoms. The molecule has 2 rings (SSSR count). The molecule has 2 nitrogen and oxygen atoms in total. The lowest BCUT2D eigenvalue weighted by atomic mass is 9.89. The zero-order valence-electron chi connectivity index (χ0n) is 11.0. The molecule has 0 spiro atoms. The van der Waals surface area contributed by atoms with Crippen LogP contribution < -0.4 is 5.73 Å². The van der Waals surface area contributed by atoms with Gasteiger partial charge in [0.1, 0.15) is 0 Å². The molecule has 0 aliphatic carbocycles. The average Bonchev–Trinajstić information content (AvgIpc) is 2.33. The first kappa shape index (κ1) is 14.2. The minimum Gasteiger partial charge on any atom is -0.398 e. The van der Waals surface area contributed by atoms with Crippen molar-refractivity contribution in [1.82, 2.24) is 4.90 Å². The van der Waals surface area contributed by atoms with E-state index < -0.39 is 11.7 Å². The summed E-state index contributed by atoms with van der Waals surface area (Å²) >= 11 is 0. The first-order valence-electron chi connectivity index (χ1n) is 6.51. The van der Waals surface area contributed by atoms with Crippen LogP contribution in [0.15, 0.2) is 18.2 Å². The highest BCUT2D eigenvalue weighted by Gasteiger charge is 2.33. The lowest BCUT2D eigenvalue weighted by molar-refractivity contribution is -0.136. The van der Waals surface area contributed by atoms with E-state index in [0.29, 0.717) is 17.9 Å². The van der Waals surface area contributed by atoms with Crippen LogP contribution in [0.3, 0.4) is 0 Å². The maximum absolute atomic E-state index is 12.8. The largest absolute Gasteiger partial charge is 0.418 e. The summed E-state index contributed by atoms with van der Waals surface area (Å²) in [5.74, 6) is 0.432. The van der Waals surface area contributed by atoms with Crippen molar-refractivity contribution in [3.63, 3.8) is 0 Å². The quantitative estimate of drug-likeness (QED) is 0.838. The molecule has 1 heterocycles. The summed E-state index contributed by atoms with van der Waals surface area (Å²) < 4.78 is 38.3. The van der Waals surface area contributed by atoms with Crippen LogP contribution in [0.25, 0.3) is 0 Å². The molecule has 1 aliphatic rings. The van der Waals surface area contributed by atoms with E-state index >= 15 is 0 Å². The van der Waals surface area contributed by atoms with Crippen molar-refractivity contribution in [1.29, 1.82) is 0 Å². The van der Waals surface area contributed by atoms with Gasteiger partial charge in [-0.15, -0.1) is 0 Å². The number of halogens is 3. The Morgan fingerprint density at radius 1 is 1.26 bits per heavy atom. The van der Waals surface area contributed by atoms with Crippen molar-refractivity contribution in [2.75, 3.05) is 25.9 Å². The topological polar surface area (TPSA) is 29.3 Å². The van der Waals surface area contributed by atoms with Crippen LogP contribution in [0.4, 0.5) is 18.9 Å². The molecular formula is C14H19F3N2. The number of benzene rings is 1. The molecular weight excluding hydrogens is 253 g/mol. The minimum atomic E-state index is -4.37. The monoisotopic (exact) mass is 272 g/mol. The highest BCUT2D eigenvalue weighted by atomic mass is 19.4. The molecule has 0 saturated carbocycles. The van der Waals surface area contributed by atoms with Crippen LogP contribution in [0.1, 0.15) is 24.0 Å². The normalized spacial score (nSPS) is 18.7. The van der Waals surface area contributed by atoms with Crippen LogP contribution in [-0.4, -0.2) is 25.0 Å². The zero-order valence-corrected chi connectivity index (χ0v) is 11.0. The fraction of sp³-hybridized carbons (Fsp3) is 0.571. The Morgan fingerprint density at radius 3 is 2.47 bits per heavy atom. The van der Waals surface area contributed by atoms with Gasteiger partial charge in [0.15, 0.2) is 0 Å². The molecule has 106 valence electrons. The molecule has 1 saturated heterocycles. The maximum Gasteiger partial charge on any atom is 0.418 e. The van der Waals surface area contributed by atoms with Crippen molar-refractivity contribution in [3.05, 3.63) is 29.3 Å². The number of para-hydroxylation sites is 1. The van der Waals surface area contributed by atoms with Crippen LogP contribution in [-0.2, 0) is 12.6 Å². The zero-order chi connectivity index (χ0) is 14.0. The molecule has 19 heavy (non-hydrogen) atoms. The number of likely N-dealkylation sites (tertiary alicyclic amines) is 1. The molecule has 0 aromatic heterocycles. The molecule has 1 aromatic carbocycles. The van der Waals surface area contributed by atoms with Crippen molar-refractivity contribution in [3.8, 4) is 0 Å². The van der Waals surface area contributed by atoms with E-state index in [-0.39, 0.29) is 5.69 Å². The summed E-state index contributed by atoms with van der Waals surface area (Å²) in [6, 6.07) is 4.21. The van der Waals surface area contributed by atoms with Crippen molar-refractivity contribution < 1.29 is 13.2 Å². The third-order valence-corrected chi connectivity index (χ3v) is 3.85. The SMILES string of the molecule is CN1CCC(Cc2cccc(C(F)(F)F)c2N)CC1. The summed E-state index contributed by atoms with van der Waals surface area (Å²) in [6.07, 6.45) is -1.69. The Kier molecular flexibility index (Phi) is 4.04. The molecule has 1 fully saturated rings. The number of nitrogens with two attached hydrogens (primary N) is 1. The van der Waals surface area contributed by atoms with Crippen LogP contribution >= 0.6 is 0 Å². The van der Waals surface area contributed by atoms with Crippen LogP contribution in [0.5, 0.6) is 0 Å². The van der Waals surface area contributed by atoms with Crippen molar-refractivity contribution in [2.24, 2.45) is 5.92 Å². The molecule has 0 amide bonds. The Labute approximate surface area is 111 Å². The third kappa shape index (κ3) is 3.41. The van der Waals surface area contributed by atoms with Crippen molar-refractivity contribution >= 4 is 5.69 Å². The van der Waals surface area contributed by atoms with E-state index in [0.717, 1.165) is 32.0 Å². The Hall–Kier alpha value is -1.23. The van der Waals surface area contributed by atoms with Gasteiger partial charge in [0.25, 0.3) is 0 Å². The summed E-state index contributed by atoms with van der Waals surface area (Å²) in [6.45, 7) is 2.01. The van der Waals surface area contributed by atoms with Gasteiger partial charge in [0.2, 0.25) is 0 Å². The van der Waals surface area contributed by atoms with Gasteiger partial charge in [-0.1, -0.05) is 12.1 Å². The summed E-state index contributed by atoms with van der Waals surface area (Å²) in [5.41, 5.74) is 5.50. The van der Waals surface area contributed by atoms with Crippen molar-refractivity contribution in [2.45, 2.75) is 25.4 Å². The van der Waals surface area contributed by atoms with Gasteiger partial charge in [-0.2, -0.15) is 13.2 Å². The second-order valence-electron chi connectivity index (χ2n) is 5.33. The first-order valence-corrected chi connectivity index (χ1v) is 6.51. The first-order chi connectivity index (χ1) is 8.88. The number of rotatable bonds is 2. The smallest absolute Gasteiger partial charge is 0.398 e. The summed E-state index contributed by atoms with van der Waals surface area (Å²) in [5, 5.41) is 0. The van der Waals surface area contributed by atoms with E-state index in [1.807, 2.05) is 0 Å². The van der Waals surface area contributed by atoms with E-state index in [1.165, 1.54) is 6.07 Å². The molecule has 0 atom stereocenters. The number of hydrogen-bond donors (Lipinski definition) is 1. The van der Waals surface area contributed by atoms with Crippen LogP contribution in [0, 0.1) is 5.92 Å². The molecule has 0 unspecified atom stereocenters. The lowest BCUT2D eigenvalue weighted by Gasteiger charge is -2.29. The number of piperidine rings is 1. The van der Waals surface area contributed by atoms with Gasteiger partial charge in [0, 0.05) is 5.69 Å². The van der Waals surface area contributed by atoms with Gasteiger partial charge < -0.3 is 10.6 Å². The molecule has 1 aliphatic heterocycles. The Bertz CT molecular complexity index is 435. The highest BCUT2D eigenvalue weighted by Crippen LogP contribution is 2.36. The number of hydrogen-bond acceptors (Lipinski definition) is 2. The van der Waals surface area contributed by atoms with E-state index in [2.05, 4.69) is 11.9 Å². The predicted molar refractivity (Wildman–Crippen MR) is 69.8 cm³/mol. The third-order valence-electron chi connectivity index (χ3n) is 3.85. The lowest BCUT2D eigenvalue weighted by Crippen LogP contribution is -2.31. The Balaban J connectivity index is 2.13. The fourth-order valence-corrected chi connectivity index (χ4v) is 2.62. The van der Waals surface area contributed by atoms with Gasteiger partial charge in [-0.05, 0) is 56.9 Å². The standard InChI is InChI=1S/C14H19F3N2/c1-19-7-5-10(6-8-19)9-11-3-2-4-12(13(11)18)14(15,16)17/h2-4,10H,5-9,18H2,1H3. The summed E-state index contributed by atoms with van der Waals surface area (Å²) in [4.78, 5) is 2.24. The fourth-order valence-electron chi connectivity index (χ4n) is 2.62. The van der Waals surface area contributed by atoms with E-state index in [9.17, 15) is 13.2 Å². The van der Waals surface area contributed by atoms with Gasteiger partial charge in [-0.25, -0.2) is 0 Å². The molecule has 1 aromatic rings. The number of nitrogen functional groups attached to an aromatic ring is 1. The van der Waals surface area contributed by atoms with E-state index in [4.69, 9.17) is 5.73 Å². The van der Waals surface area contributed by atoms with Gasteiger partial charge in [0.05, 0.1) is 5.56 Å². The van der Waals surface area contributed by atoms with E-state index in [1.54, 1.807) is 6.07 Å². The highest BCUT2D eigenvalue weighted by molar-refractivity contribution is 5.55. The number of alkyl halides is 3. The number of anilines is 1. The second-order valence-corrected chi connectivity index (χ2v) is 5.33. The Morgan fingerprint density at radius 2 is 1.89 bits per heavy atom. The number of nitrogens with zero attached hydrogens (tertiary/aromatic N) is 1. The van der Waals surface area contributed by atoms with Gasteiger partial charge >= 0.3 is 6.18 Å². The minimum absolute atomic E-state index is 0.103. The summed E-state index contributed by atoms with van der Waals surface area (Å²) in [7, 11) is 2.06. The molecule has 0 radical (unpaired) electrons. The van der Waals surface area contributed by atoms with Crippen LogP contribution in [0.2, 0.25) is 0 Å². The maximum atomic E-state index is 12.8. The average molecular weight is 272 g/mol. The molecule has 2 N–H and O–H groups in total. The van der Waals surface area contributed by atoms with Gasteiger partial charge in [-0.3, -0.25) is 0 Å². The predicted octanol–water partition coefficient (Wildman–Crippen LogP) is 3.17.